The smallest absolute Gasteiger partial charge is 0.410 e. The highest BCUT2D eigenvalue weighted by Gasteiger charge is 2.30. The molecule has 0 aliphatic carbocycles. The quantitative estimate of drug-likeness (QED) is 0.802. The van der Waals surface area contributed by atoms with Crippen molar-refractivity contribution in [1.82, 2.24) is 14.8 Å². The minimum atomic E-state index is -0.449. The summed E-state index contributed by atoms with van der Waals surface area (Å²) >= 11 is 3.39. The molecule has 1 atom stereocenters. The van der Waals surface area contributed by atoms with Crippen molar-refractivity contribution in [3.63, 3.8) is 0 Å². The van der Waals surface area contributed by atoms with Crippen molar-refractivity contribution < 1.29 is 9.53 Å². The summed E-state index contributed by atoms with van der Waals surface area (Å²) in [7, 11) is 0. The highest BCUT2D eigenvalue weighted by molar-refractivity contribution is 9.10. The van der Waals surface area contributed by atoms with Crippen molar-refractivity contribution in [3.8, 4) is 0 Å². The van der Waals surface area contributed by atoms with E-state index >= 15 is 0 Å². The van der Waals surface area contributed by atoms with Crippen LogP contribution in [0.5, 0.6) is 0 Å². The number of ether oxygens (including phenoxy) is 1. The monoisotopic (exact) mass is 369 g/mol. The Morgan fingerprint density at radius 2 is 2.14 bits per heavy atom. The summed E-state index contributed by atoms with van der Waals surface area (Å²) in [6.07, 6.45) is 1.59. The Labute approximate surface area is 140 Å². The highest BCUT2D eigenvalue weighted by atomic mass is 79.9. The Balaban J connectivity index is 1.89. The van der Waals surface area contributed by atoms with Crippen molar-refractivity contribution in [1.29, 1.82) is 0 Å². The van der Waals surface area contributed by atoms with Crippen LogP contribution in [0.25, 0.3) is 0 Å². The predicted molar refractivity (Wildman–Crippen MR) is 89.6 cm³/mol. The van der Waals surface area contributed by atoms with Gasteiger partial charge in [0.05, 0.1) is 5.69 Å². The van der Waals surface area contributed by atoms with Gasteiger partial charge in [0.1, 0.15) is 5.60 Å². The van der Waals surface area contributed by atoms with Gasteiger partial charge in [-0.05, 0) is 55.8 Å². The summed E-state index contributed by atoms with van der Waals surface area (Å²) in [6, 6.07) is 4.16. The molecule has 1 aromatic heterocycles. The first-order valence-corrected chi connectivity index (χ1v) is 8.36. The molecule has 0 spiro atoms. The second-order valence-electron chi connectivity index (χ2n) is 6.73. The van der Waals surface area contributed by atoms with Crippen LogP contribution in [0.2, 0.25) is 0 Å². The molecule has 6 heteroatoms. The van der Waals surface area contributed by atoms with Crippen LogP contribution in [-0.2, 0) is 11.3 Å². The lowest BCUT2D eigenvalue weighted by atomic mass is 10.2. The molecule has 1 amide bonds. The molecule has 1 aliphatic heterocycles. The molecule has 1 aliphatic rings. The molecule has 22 heavy (non-hydrogen) atoms. The summed E-state index contributed by atoms with van der Waals surface area (Å²) in [5.41, 5.74) is 0.594. The first kappa shape index (κ1) is 17.2. The molecular weight excluding hydrogens is 346 g/mol. The van der Waals surface area contributed by atoms with Gasteiger partial charge < -0.3 is 9.64 Å². The number of nitrogens with zero attached hydrogens (tertiary/aromatic N) is 3. The normalized spacial score (nSPS) is 20.0. The number of pyridine rings is 1. The summed E-state index contributed by atoms with van der Waals surface area (Å²) in [5.74, 6) is 0. The molecule has 5 nitrogen and oxygen atoms in total. The average molecular weight is 370 g/mol. The van der Waals surface area contributed by atoms with Crippen LogP contribution in [0.3, 0.4) is 0 Å². The van der Waals surface area contributed by atoms with Gasteiger partial charge >= 0.3 is 6.09 Å². The number of rotatable bonds is 2. The van der Waals surface area contributed by atoms with Gasteiger partial charge in [0.2, 0.25) is 0 Å². The van der Waals surface area contributed by atoms with Crippen LogP contribution in [0.15, 0.2) is 22.8 Å². The predicted octanol–water partition coefficient (Wildman–Crippen LogP) is 3.29. The maximum Gasteiger partial charge on any atom is 0.410 e. The maximum atomic E-state index is 12.2. The number of halogens is 1. The van der Waals surface area contributed by atoms with E-state index in [0.29, 0.717) is 6.54 Å². The summed E-state index contributed by atoms with van der Waals surface area (Å²) in [5, 5.41) is 0. The molecule has 0 radical (unpaired) electrons. The van der Waals surface area contributed by atoms with Gasteiger partial charge in [-0.3, -0.25) is 9.88 Å². The molecule has 0 unspecified atom stereocenters. The second kappa shape index (κ2) is 6.96. The van der Waals surface area contributed by atoms with Crippen molar-refractivity contribution >= 4 is 22.0 Å². The molecule has 0 bridgehead atoms. The molecule has 1 aromatic rings. The fourth-order valence-corrected chi connectivity index (χ4v) is 2.73. The number of aromatic nitrogens is 1. The number of hydrogen-bond donors (Lipinski definition) is 0. The van der Waals surface area contributed by atoms with Gasteiger partial charge in [0, 0.05) is 42.9 Å². The summed E-state index contributed by atoms with van der Waals surface area (Å²) in [6.45, 7) is 10.9. The van der Waals surface area contributed by atoms with E-state index < -0.39 is 5.60 Å². The molecule has 122 valence electrons. The van der Waals surface area contributed by atoms with Gasteiger partial charge in [-0.25, -0.2) is 4.79 Å². The molecule has 0 aromatic carbocycles. The zero-order valence-electron chi connectivity index (χ0n) is 13.7. The van der Waals surface area contributed by atoms with Crippen LogP contribution in [0.1, 0.15) is 33.4 Å². The van der Waals surface area contributed by atoms with E-state index in [-0.39, 0.29) is 12.1 Å². The average Bonchev–Trinajstić information content (AvgIpc) is 2.39. The van der Waals surface area contributed by atoms with Crippen molar-refractivity contribution in [2.75, 3.05) is 19.6 Å². The molecule has 1 fully saturated rings. The Morgan fingerprint density at radius 1 is 1.41 bits per heavy atom. The second-order valence-corrected chi connectivity index (χ2v) is 7.64. The molecular formula is C16H24BrN3O2. The van der Waals surface area contributed by atoms with Crippen molar-refractivity contribution in [2.24, 2.45) is 0 Å². The lowest BCUT2D eigenvalue weighted by Crippen LogP contribution is -2.54. The third kappa shape index (κ3) is 4.95. The number of piperazine rings is 1. The Hall–Kier alpha value is -1.14. The maximum absolute atomic E-state index is 12.2. The van der Waals surface area contributed by atoms with Crippen LogP contribution in [-0.4, -0.2) is 52.2 Å². The van der Waals surface area contributed by atoms with E-state index in [1.54, 1.807) is 0 Å². The van der Waals surface area contributed by atoms with Gasteiger partial charge in [-0.15, -0.1) is 0 Å². The first-order valence-electron chi connectivity index (χ1n) is 7.57. The lowest BCUT2D eigenvalue weighted by molar-refractivity contribution is 0.000438. The lowest BCUT2D eigenvalue weighted by Gasteiger charge is -2.40. The minimum Gasteiger partial charge on any atom is -0.444 e. The fourth-order valence-electron chi connectivity index (χ4n) is 2.50. The SMILES string of the molecule is C[C@H]1CN(Cc2ccc(Br)cn2)CCN1C(=O)OC(C)(C)C. The Kier molecular flexibility index (Phi) is 5.45. The fraction of sp³-hybridized carbons (Fsp3) is 0.625. The first-order chi connectivity index (χ1) is 10.2. The molecule has 1 saturated heterocycles. The van der Waals surface area contributed by atoms with Crippen molar-refractivity contribution in [3.05, 3.63) is 28.5 Å². The summed E-state index contributed by atoms with van der Waals surface area (Å²) < 4.78 is 6.45. The van der Waals surface area contributed by atoms with Crippen molar-refractivity contribution in [2.45, 2.75) is 45.9 Å². The van der Waals surface area contributed by atoms with Crippen LogP contribution >= 0.6 is 15.9 Å². The van der Waals surface area contributed by atoms with Gasteiger partial charge in [-0.2, -0.15) is 0 Å². The number of hydrogen-bond acceptors (Lipinski definition) is 4. The highest BCUT2D eigenvalue weighted by Crippen LogP contribution is 2.17. The zero-order chi connectivity index (χ0) is 16.3. The van der Waals surface area contributed by atoms with E-state index in [1.165, 1.54) is 0 Å². The van der Waals surface area contributed by atoms with Gasteiger partial charge in [-0.1, -0.05) is 0 Å². The van der Waals surface area contributed by atoms with E-state index in [4.69, 9.17) is 4.74 Å². The van der Waals surface area contributed by atoms with Crippen LogP contribution in [0, 0.1) is 0 Å². The van der Waals surface area contributed by atoms with Gasteiger partial charge in [0.25, 0.3) is 0 Å². The molecule has 2 rings (SSSR count). The molecule has 0 saturated carbocycles. The van der Waals surface area contributed by atoms with Gasteiger partial charge in [0.15, 0.2) is 0 Å². The number of amides is 1. The molecule has 0 N–H and O–H groups in total. The largest absolute Gasteiger partial charge is 0.444 e. The topological polar surface area (TPSA) is 45.7 Å². The van der Waals surface area contributed by atoms with Crippen LogP contribution in [0.4, 0.5) is 4.79 Å². The Bertz CT molecular complexity index is 513. The van der Waals surface area contributed by atoms with E-state index in [1.807, 2.05) is 44.0 Å². The summed E-state index contributed by atoms with van der Waals surface area (Å²) in [4.78, 5) is 20.7. The molecule has 2 heterocycles. The number of carbonyl (C=O) groups excluding carboxylic acids is 1. The standard InChI is InChI=1S/C16H24BrN3O2/c1-12-10-19(11-14-6-5-13(17)9-18-14)7-8-20(12)15(21)22-16(2,3)4/h5-6,9,12H,7-8,10-11H2,1-4H3/t12-/m0/s1. The number of carbonyl (C=O) groups is 1. The van der Waals surface area contributed by atoms with E-state index in [0.717, 1.165) is 29.8 Å². The third-order valence-corrected chi connectivity index (χ3v) is 3.98. The van der Waals surface area contributed by atoms with E-state index in [2.05, 4.69) is 32.7 Å². The Morgan fingerprint density at radius 3 is 2.68 bits per heavy atom. The zero-order valence-corrected chi connectivity index (χ0v) is 15.3. The minimum absolute atomic E-state index is 0.138. The third-order valence-electron chi connectivity index (χ3n) is 3.51. The van der Waals surface area contributed by atoms with Crippen LogP contribution < -0.4 is 0 Å². The van der Waals surface area contributed by atoms with E-state index in [9.17, 15) is 4.79 Å².